The van der Waals surface area contributed by atoms with Crippen LogP contribution in [0.15, 0.2) is 48.8 Å². The lowest BCUT2D eigenvalue weighted by atomic mass is 10.0. The fraction of sp³-hybridized carbons (Fsp3) is 0.333. The van der Waals surface area contributed by atoms with Crippen LogP contribution in [0.5, 0.6) is 5.75 Å². The summed E-state index contributed by atoms with van der Waals surface area (Å²) in [4.78, 5) is 16.9. The maximum absolute atomic E-state index is 12.6. The Balaban J connectivity index is 1.28. The molecular formula is C21H24N4O2S. The van der Waals surface area contributed by atoms with Gasteiger partial charge in [-0.3, -0.25) is 9.48 Å². The highest BCUT2D eigenvalue weighted by molar-refractivity contribution is 7.15. The predicted molar refractivity (Wildman–Crippen MR) is 110 cm³/mol. The number of amides is 1. The molecule has 6 nitrogen and oxygen atoms in total. The molecule has 146 valence electrons. The number of hydrogen-bond donors (Lipinski definition) is 2. The molecule has 1 aliphatic rings. The SMILES string of the molecule is Cn1cc(-c2ccc(CNC3CCN(C(=O)c4ccccc4O)CC3)s2)cn1. The first-order valence-corrected chi connectivity index (χ1v) is 10.3. The van der Waals surface area contributed by atoms with Crippen molar-refractivity contribution in [3.05, 3.63) is 59.2 Å². The van der Waals surface area contributed by atoms with Crippen LogP contribution < -0.4 is 5.32 Å². The highest BCUT2D eigenvalue weighted by Gasteiger charge is 2.24. The van der Waals surface area contributed by atoms with Gasteiger partial charge in [0, 0.05) is 54.2 Å². The minimum Gasteiger partial charge on any atom is -0.507 e. The summed E-state index contributed by atoms with van der Waals surface area (Å²) in [6.45, 7) is 2.25. The molecule has 1 aromatic carbocycles. The second-order valence-electron chi connectivity index (χ2n) is 7.13. The van der Waals surface area contributed by atoms with Crippen molar-refractivity contribution in [3.8, 4) is 16.2 Å². The minimum absolute atomic E-state index is 0.0508. The number of phenolic OH excluding ortho intramolecular Hbond substituents is 1. The molecule has 1 amide bonds. The van der Waals surface area contributed by atoms with Crippen molar-refractivity contribution < 1.29 is 9.90 Å². The molecule has 1 aliphatic heterocycles. The number of thiophene rings is 1. The smallest absolute Gasteiger partial charge is 0.257 e. The summed E-state index contributed by atoms with van der Waals surface area (Å²) >= 11 is 1.78. The summed E-state index contributed by atoms with van der Waals surface area (Å²) in [5.74, 6) is -0.0363. The van der Waals surface area contributed by atoms with Crippen LogP contribution in [0, 0.1) is 0 Å². The first-order chi connectivity index (χ1) is 13.6. The van der Waals surface area contributed by atoms with Gasteiger partial charge in [0.1, 0.15) is 5.75 Å². The first kappa shape index (κ1) is 18.7. The highest BCUT2D eigenvalue weighted by Crippen LogP contribution is 2.28. The molecule has 3 heterocycles. The van der Waals surface area contributed by atoms with Crippen LogP contribution in [-0.2, 0) is 13.6 Å². The summed E-state index contributed by atoms with van der Waals surface area (Å²) in [7, 11) is 1.93. The van der Waals surface area contributed by atoms with E-state index in [2.05, 4.69) is 22.5 Å². The van der Waals surface area contributed by atoms with Crippen LogP contribution in [0.25, 0.3) is 10.4 Å². The van der Waals surface area contributed by atoms with Gasteiger partial charge in [0.05, 0.1) is 11.8 Å². The molecule has 0 radical (unpaired) electrons. The number of likely N-dealkylation sites (tertiary alicyclic amines) is 1. The highest BCUT2D eigenvalue weighted by atomic mass is 32.1. The largest absolute Gasteiger partial charge is 0.507 e. The molecule has 0 saturated carbocycles. The van der Waals surface area contributed by atoms with Crippen LogP contribution in [0.1, 0.15) is 28.1 Å². The maximum atomic E-state index is 12.6. The van der Waals surface area contributed by atoms with Crippen LogP contribution >= 0.6 is 11.3 Å². The second kappa shape index (κ2) is 8.16. The summed E-state index contributed by atoms with van der Waals surface area (Å²) in [5, 5.41) is 17.7. The van der Waals surface area contributed by atoms with Crippen LogP contribution in [0.3, 0.4) is 0 Å². The molecule has 0 atom stereocenters. The fourth-order valence-corrected chi connectivity index (χ4v) is 4.47. The lowest BCUT2D eigenvalue weighted by Crippen LogP contribution is -2.44. The molecule has 0 aliphatic carbocycles. The van der Waals surface area contributed by atoms with Gasteiger partial charge in [0.15, 0.2) is 0 Å². The van der Waals surface area contributed by atoms with Gasteiger partial charge in [-0.25, -0.2) is 0 Å². The van der Waals surface area contributed by atoms with Gasteiger partial charge in [-0.2, -0.15) is 5.10 Å². The summed E-state index contributed by atoms with van der Waals surface area (Å²) in [6, 6.07) is 11.5. The van der Waals surface area contributed by atoms with Crippen LogP contribution in [0.4, 0.5) is 0 Å². The average molecular weight is 397 g/mol. The molecule has 1 fully saturated rings. The topological polar surface area (TPSA) is 70.4 Å². The lowest BCUT2D eigenvalue weighted by molar-refractivity contribution is 0.0702. The minimum atomic E-state index is -0.0871. The molecule has 4 rings (SSSR count). The number of nitrogens with one attached hydrogen (secondary N) is 1. The third kappa shape index (κ3) is 4.10. The maximum Gasteiger partial charge on any atom is 0.257 e. The fourth-order valence-electron chi connectivity index (χ4n) is 3.53. The van der Waals surface area contributed by atoms with E-state index in [9.17, 15) is 9.90 Å². The van der Waals surface area contributed by atoms with E-state index in [1.165, 1.54) is 9.75 Å². The molecule has 2 N–H and O–H groups in total. The van der Waals surface area contributed by atoms with Crippen molar-refractivity contribution in [2.75, 3.05) is 13.1 Å². The number of phenols is 1. The van der Waals surface area contributed by atoms with E-state index in [-0.39, 0.29) is 11.7 Å². The van der Waals surface area contributed by atoms with Crippen molar-refractivity contribution in [2.24, 2.45) is 7.05 Å². The van der Waals surface area contributed by atoms with Crippen molar-refractivity contribution in [2.45, 2.75) is 25.4 Å². The predicted octanol–water partition coefficient (Wildman–Crippen LogP) is 3.25. The number of aryl methyl sites for hydroxylation is 1. The molecule has 2 aromatic heterocycles. The number of benzene rings is 1. The Bertz CT molecular complexity index is 957. The number of hydrogen-bond acceptors (Lipinski definition) is 5. The summed E-state index contributed by atoms with van der Waals surface area (Å²) in [6.07, 6.45) is 5.75. The van der Waals surface area contributed by atoms with Gasteiger partial charge >= 0.3 is 0 Å². The van der Waals surface area contributed by atoms with Crippen molar-refractivity contribution in [1.29, 1.82) is 0 Å². The van der Waals surface area contributed by atoms with E-state index < -0.39 is 0 Å². The Hall–Kier alpha value is -2.64. The molecule has 3 aromatic rings. The molecule has 0 spiro atoms. The van der Waals surface area contributed by atoms with E-state index in [0.29, 0.717) is 24.7 Å². The number of piperidine rings is 1. The number of rotatable bonds is 5. The zero-order valence-corrected chi connectivity index (χ0v) is 16.7. The van der Waals surface area contributed by atoms with E-state index in [4.69, 9.17) is 0 Å². The number of para-hydroxylation sites is 1. The lowest BCUT2D eigenvalue weighted by Gasteiger charge is -2.32. The van der Waals surface area contributed by atoms with E-state index in [0.717, 1.165) is 24.9 Å². The monoisotopic (exact) mass is 396 g/mol. The number of carbonyl (C=O) groups excluding carboxylic acids is 1. The molecule has 28 heavy (non-hydrogen) atoms. The quantitative estimate of drug-likeness (QED) is 0.695. The zero-order chi connectivity index (χ0) is 19.5. The van der Waals surface area contributed by atoms with Crippen LogP contribution in [-0.4, -0.2) is 44.8 Å². The third-order valence-corrected chi connectivity index (χ3v) is 6.27. The average Bonchev–Trinajstić information content (AvgIpc) is 3.35. The van der Waals surface area contributed by atoms with Gasteiger partial charge in [-0.1, -0.05) is 12.1 Å². The first-order valence-electron chi connectivity index (χ1n) is 9.48. The molecule has 1 saturated heterocycles. The standard InChI is InChI=1S/C21H24N4O2S/c1-24-14-15(12-23-24)20-7-6-17(28-20)13-22-16-8-10-25(11-9-16)21(27)18-4-2-3-5-19(18)26/h2-7,12,14,16,22,26H,8-11,13H2,1H3. The van der Waals surface area contributed by atoms with Gasteiger partial charge in [0.2, 0.25) is 0 Å². The Morgan fingerprint density at radius 1 is 1.25 bits per heavy atom. The van der Waals surface area contributed by atoms with Gasteiger partial charge in [-0.15, -0.1) is 11.3 Å². The Morgan fingerprint density at radius 3 is 2.75 bits per heavy atom. The van der Waals surface area contributed by atoms with E-state index in [1.807, 2.05) is 29.0 Å². The number of nitrogens with zero attached hydrogens (tertiary/aromatic N) is 3. The Kier molecular flexibility index (Phi) is 5.45. The number of aromatic hydroxyl groups is 1. The third-order valence-electron chi connectivity index (χ3n) is 5.13. The Morgan fingerprint density at radius 2 is 2.04 bits per heavy atom. The van der Waals surface area contributed by atoms with Crippen LogP contribution in [0.2, 0.25) is 0 Å². The van der Waals surface area contributed by atoms with Gasteiger partial charge < -0.3 is 15.3 Å². The van der Waals surface area contributed by atoms with E-state index in [1.54, 1.807) is 35.6 Å². The van der Waals surface area contributed by atoms with Gasteiger partial charge in [0.25, 0.3) is 5.91 Å². The molecule has 0 unspecified atom stereocenters. The molecule has 7 heteroatoms. The number of carbonyl (C=O) groups is 1. The van der Waals surface area contributed by atoms with E-state index >= 15 is 0 Å². The van der Waals surface area contributed by atoms with Crippen molar-refractivity contribution >= 4 is 17.2 Å². The van der Waals surface area contributed by atoms with Crippen molar-refractivity contribution in [1.82, 2.24) is 20.0 Å². The normalized spacial score (nSPS) is 15.1. The molecular weight excluding hydrogens is 372 g/mol. The molecule has 0 bridgehead atoms. The second-order valence-corrected chi connectivity index (χ2v) is 8.30. The van der Waals surface area contributed by atoms with Crippen molar-refractivity contribution in [3.63, 3.8) is 0 Å². The summed E-state index contributed by atoms with van der Waals surface area (Å²) < 4.78 is 1.82. The summed E-state index contributed by atoms with van der Waals surface area (Å²) in [5.41, 5.74) is 1.53. The van der Waals surface area contributed by atoms with Gasteiger partial charge in [-0.05, 0) is 37.1 Å². The Labute approximate surface area is 168 Å². The zero-order valence-electron chi connectivity index (χ0n) is 15.8. The number of aromatic nitrogens is 2.